The topological polar surface area (TPSA) is 45.1 Å². The van der Waals surface area contributed by atoms with Crippen LogP contribution in [0.4, 0.5) is 13.2 Å². The molecule has 1 aromatic heterocycles. The second-order valence-electron chi connectivity index (χ2n) is 5.12. The second kappa shape index (κ2) is 5.24. The van der Waals surface area contributed by atoms with E-state index < -0.39 is 17.8 Å². The molecular formula is C12H17F3N2O. The maximum atomic E-state index is 12.3. The van der Waals surface area contributed by atoms with Crippen molar-refractivity contribution >= 4 is 0 Å². The average Bonchev–Trinajstić information content (AvgIpc) is 2.24. The zero-order valence-corrected chi connectivity index (χ0v) is 10.5. The van der Waals surface area contributed by atoms with Crippen molar-refractivity contribution < 1.29 is 18.3 Å². The van der Waals surface area contributed by atoms with Crippen LogP contribution in [0.25, 0.3) is 0 Å². The summed E-state index contributed by atoms with van der Waals surface area (Å²) in [6.45, 7) is 6.03. The quantitative estimate of drug-likeness (QED) is 0.879. The van der Waals surface area contributed by atoms with Crippen LogP contribution >= 0.6 is 0 Å². The molecule has 102 valence electrons. The Bertz CT molecular complexity index is 382. The van der Waals surface area contributed by atoms with E-state index in [9.17, 15) is 18.3 Å². The summed E-state index contributed by atoms with van der Waals surface area (Å²) in [5.74, 6) is 0. The Balaban J connectivity index is 2.68. The average molecular weight is 262 g/mol. The van der Waals surface area contributed by atoms with Crippen LogP contribution in [0.2, 0.25) is 0 Å². The fourth-order valence-electron chi connectivity index (χ4n) is 1.28. The van der Waals surface area contributed by atoms with Gasteiger partial charge in [-0.05, 0) is 32.9 Å². The highest BCUT2D eigenvalue weighted by atomic mass is 19.4. The molecule has 0 saturated heterocycles. The first kappa shape index (κ1) is 14.9. The first-order valence-corrected chi connectivity index (χ1v) is 5.56. The van der Waals surface area contributed by atoms with Crippen molar-refractivity contribution in [1.82, 2.24) is 10.3 Å². The molecule has 2 N–H and O–H groups in total. The van der Waals surface area contributed by atoms with Crippen molar-refractivity contribution in [2.75, 3.05) is 6.54 Å². The standard InChI is InChI=1S/C12H17F3N2O/c1-11(2,3)17-7-10(18)9-5-4-8(6-16-9)12(13,14)15/h4-6,10,17-18H,7H2,1-3H3/t10-/m0/s1. The summed E-state index contributed by atoms with van der Waals surface area (Å²) in [5, 5.41) is 12.8. The van der Waals surface area contributed by atoms with Crippen LogP contribution in [0.1, 0.15) is 38.1 Å². The molecule has 1 atom stereocenters. The van der Waals surface area contributed by atoms with Crippen molar-refractivity contribution in [2.45, 2.75) is 38.6 Å². The molecule has 1 aromatic rings. The number of aliphatic hydroxyl groups excluding tert-OH is 1. The predicted octanol–water partition coefficient (Wildman–Crippen LogP) is 2.52. The zero-order chi connectivity index (χ0) is 14.0. The Morgan fingerprint density at radius 2 is 1.89 bits per heavy atom. The highest BCUT2D eigenvalue weighted by molar-refractivity contribution is 5.18. The third kappa shape index (κ3) is 4.62. The molecule has 0 radical (unpaired) electrons. The molecule has 3 nitrogen and oxygen atoms in total. The fraction of sp³-hybridized carbons (Fsp3) is 0.583. The van der Waals surface area contributed by atoms with E-state index in [0.29, 0.717) is 0 Å². The number of hydrogen-bond donors (Lipinski definition) is 2. The van der Waals surface area contributed by atoms with Crippen LogP contribution in [0.5, 0.6) is 0 Å². The molecule has 0 unspecified atom stereocenters. The molecule has 1 rings (SSSR count). The molecule has 0 aliphatic rings. The summed E-state index contributed by atoms with van der Waals surface area (Å²) in [4.78, 5) is 3.64. The number of β-amino-alcohol motifs (C(OH)–C–C–N with tert-alkyl or cyclic N) is 1. The summed E-state index contributed by atoms with van der Waals surface area (Å²) in [5.41, 5.74) is -0.769. The van der Waals surface area contributed by atoms with Gasteiger partial charge in [0.05, 0.1) is 11.3 Å². The Morgan fingerprint density at radius 1 is 1.28 bits per heavy atom. The van der Waals surface area contributed by atoms with Gasteiger partial charge in [0.1, 0.15) is 6.10 Å². The highest BCUT2D eigenvalue weighted by Gasteiger charge is 2.30. The molecule has 0 aliphatic heterocycles. The van der Waals surface area contributed by atoms with Gasteiger partial charge in [-0.3, -0.25) is 4.98 Å². The molecular weight excluding hydrogens is 245 g/mol. The normalized spacial score (nSPS) is 14.6. The minimum Gasteiger partial charge on any atom is -0.385 e. The number of aromatic nitrogens is 1. The minimum atomic E-state index is -4.40. The third-order valence-corrected chi connectivity index (χ3v) is 2.28. The molecule has 18 heavy (non-hydrogen) atoms. The molecule has 0 spiro atoms. The molecule has 0 fully saturated rings. The lowest BCUT2D eigenvalue weighted by atomic mass is 10.1. The molecule has 1 heterocycles. The van der Waals surface area contributed by atoms with Gasteiger partial charge in [0, 0.05) is 18.3 Å². The number of alkyl halides is 3. The van der Waals surface area contributed by atoms with Crippen molar-refractivity contribution in [3.63, 3.8) is 0 Å². The molecule has 0 saturated carbocycles. The van der Waals surface area contributed by atoms with E-state index in [1.807, 2.05) is 20.8 Å². The summed E-state index contributed by atoms with van der Waals surface area (Å²) >= 11 is 0. The smallest absolute Gasteiger partial charge is 0.385 e. The van der Waals surface area contributed by atoms with E-state index in [-0.39, 0.29) is 17.8 Å². The van der Waals surface area contributed by atoms with E-state index in [2.05, 4.69) is 10.3 Å². The van der Waals surface area contributed by atoms with Gasteiger partial charge >= 0.3 is 6.18 Å². The monoisotopic (exact) mass is 262 g/mol. The minimum absolute atomic E-state index is 0.174. The molecule has 0 bridgehead atoms. The summed E-state index contributed by atoms with van der Waals surface area (Å²) in [7, 11) is 0. The van der Waals surface area contributed by atoms with Crippen molar-refractivity contribution in [2.24, 2.45) is 0 Å². The number of nitrogens with zero attached hydrogens (tertiary/aromatic N) is 1. The lowest BCUT2D eigenvalue weighted by molar-refractivity contribution is -0.137. The van der Waals surface area contributed by atoms with Crippen molar-refractivity contribution in [1.29, 1.82) is 0 Å². The first-order chi connectivity index (χ1) is 8.09. The van der Waals surface area contributed by atoms with E-state index in [0.717, 1.165) is 12.3 Å². The number of pyridine rings is 1. The summed E-state index contributed by atoms with van der Waals surface area (Å²) in [6, 6.07) is 2.11. The third-order valence-electron chi connectivity index (χ3n) is 2.28. The van der Waals surface area contributed by atoms with Crippen LogP contribution < -0.4 is 5.32 Å². The Hall–Kier alpha value is -1.14. The fourth-order valence-corrected chi connectivity index (χ4v) is 1.28. The molecule has 6 heteroatoms. The van der Waals surface area contributed by atoms with E-state index in [1.165, 1.54) is 6.07 Å². The molecule has 0 amide bonds. The number of rotatable bonds is 3. The maximum absolute atomic E-state index is 12.3. The number of hydrogen-bond acceptors (Lipinski definition) is 3. The van der Waals surface area contributed by atoms with Crippen LogP contribution in [0, 0.1) is 0 Å². The largest absolute Gasteiger partial charge is 0.417 e. The lowest BCUT2D eigenvalue weighted by Gasteiger charge is -2.22. The van der Waals surface area contributed by atoms with Crippen LogP contribution in [0.15, 0.2) is 18.3 Å². The summed E-state index contributed by atoms with van der Waals surface area (Å²) in [6.07, 6.45) is -4.60. The summed E-state index contributed by atoms with van der Waals surface area (Å²) < 4.78 is 36.9. The second-order valence-corrected chi connectivity index (χ2v) is 5.12. The lowest BCUT2D eigenvalue weighted by Crippen LogP contribution is -2.38. The first-order valence-electron chi connectivity index (χ1n) is 5.56. The van der Waals surface area contributed by atoms with E-state index >= 15 is 0 Å². The zero-order valence-electron chi connectivity index (χ0n) is 10.5. The van der Waals surface area contributed by atoms with Gasteiger partial charge in [0.2, 0.25) is 0 Å². The van der Waals surface area contributed by atoms with E-state index in [1.54, 1.807) is 0 Å². The Labute approximate surface area is 104 Å². The van der Waals surface area contributed by atoms with Gasteiger partial charge in [-0.2, -0.15) is 13.2 Å². The number of halogens is 3. The Kier molecular flexibility index (Phi) is 4.34. The van der Waals surface area contributed by atoms with Gasteiger partial charge < -0.3 is 10.4 Å². The van der Waals surface area contributed by atoms with Gasteiger partial charge in [0.15, 0.2) is 0 Å². The van der Waals surface area contributed by atoms with Crippen LogP contribution in [0.3, 0.4) is 0 Å². The molecule has 0 aliphatic carbocycles. The van der Waals surface area contributed by atoms with Gasteiger partial charge in [-0.15, -0.1) is 0 Å². The SMILES string of the molecule is CC(C)(C)NC[C@H](O)c1ccc(C(F)(F)F)cn1. The maximum Gasteiger partial charge on any atom is 0.417 e. The van der Waals surface area contributed by atoms with E-state index in [4.69, 9.17) is 0 Å². The predicted molar refractivity (Wildman–Crippen MR) is 62.0 cm³/mol. The van der Waals surface area contributed by atoms with Gasteiger partial charge in [-0.1, -0.05) is 0 Å². The van der Waals surface area contributed by atoms with Crippen molar-refractivity contribution in [3.8, 4) is 0 Å². The number of nitrogens with one attached hydrogen (secondary N) is 1. The van der Waals surface area contributed by atoms with Crippen molar-refractivity contribution in [3.05, 3.63) is 29.6 Å². The molecule has 0 aromatic carbocycles. The Morgan fingerprint density at radius 3 is 2.28 bits per heavy atom. The van der Waals surface area contributed by atoms with Gasteiger partial charge in [0.25, 0.3) is 0 Å². The highest BCUT2D eigenvalue weighted by Crippen LogP contribution is 2.28. The number of aliphatic hydroxyl groups is 1. The van der Waals surface area contributed by atoms with Gasteiger partial charge in [-0.25, -0.2) is 0 Å². The van der Waals surface area contributed by atoms with Crippen LogP contribution in [-0.4, -0.2) is 22.2 Å². The van der Waals surface area contributed by atoms with Crippen LogP contribution in [-0.2, 0) is 6.18 Å².